The van der Waals surface area contributed by atoms with Crippen LogP contribution in [0.25, 0.3) is 0 Å². The molecule has 0 aliphatic heterocycles. The molecule has 0 radical (unpaired) electrons. The number of hydrogen-bond acceptors (Lipinski definition) is 1. The molecule has 0 atom stereocenters. The van der Waals surface area contributed by atoms with Crippen molar-refractivity contribution < 1.29 is 18.0 Å². The molecule has 0 saturated carbocycles. The molecule has 0 fully saturated rings. The first kappa shape index (κ1) is 14.5. The number of ketones is 1. The van der Waals surface area contributed by atoms with Crippen molar-refractivity contribution in [3.8, 4) is 0 Å². The van der Waals surface area contributed by atoms with Crippen LogP contribution in [0.15, 0.2) is 18.2 Å². The Kier molecular flexibility index (Phi) is 5.01. The fourth-order valence-corrected chi connectivity index (χ4v) is 1.90. The highest BCUT2D eigenvalue weighted by Crippen LogP contribution is 2.33. The van der Waals surface area contributed by atoms with Crippen LogP contribution in [0, 0.1) is 0 Å². The van der Waals surface area contributed by atoms with Gasteiger partial charge in [0.1, 0.15) is 0 Å². The van der Waals surface area contributed by atoms with Gasteiger partial charge in [0, 0.05) is 23.2 Å². The highest BCUT2D eigenvalue weighted by Gasteiger charge is 2.34. The minimum atomic E-state index is -4.53. The normalized spacial score (nSPS) is 11.6. The van der Waals surface area contributed by atoms with Gasteiger partial charge < -0.3 is 0 Å². The number of alkyl halides is 5. The molecule has 1 aromatic carbocycles. The zero-order valence-electron chi connectivity index (χ0n) is 8.65. The third kappa shape index (κ3) is 3.71. The predicted octanol–water partition coefficient (Wildman–Crippen LogP) is 4.41. The predicted molar refractivity (Wildman–Crippen MR) is 63.7 cm³/mol. The summed E-state index contributed by atoms with van der Waals surface area (Å²) in [6, 6.07) is 3.39. The van der Waals surface area contributed by atoms with Crippen molar-refractivity contribution in [2.75, 3.05) is 5.33 Å². The quantitative estimate of drug-likeness (QED) is 0.590. The van der Waals surface area contributed by atoms with E-state index in [2.05, 4.69) is 15.9 Å². The Morgan fingerprint density at radius 3 is 2.47 bits per heavy atom. The number of rotatable bonds is 4. The van der Waals surface area contributed by atoms with Crippen molar-refractivity contribution >= 4 is 33.3 Å². The number of hydrogen-bond donors (Lipinski definition) is 0. The summed E-state index contributed by atoms with van der Waals surface area (Å²) in [5, 5.41) is 0.328. The van der Waals surface area contributed by atoms with Gasteiger partial charge in [0.25, 0.3) is 0 Å². The molecule has 1 aromatic rings. The Hall–Kier alpha value is -0.550. The monoisotopic (exact) mass is 328 g/mol. The molecule has 0 unspecified atom stereocenters. The van der Waals surface area contributed by atoms with Gasteiger partial charge in [-0.15, -0.1) is 11.6 Å². The molecule has 1 nitrogen and oxygen atoms in total. The third-order valence-electron chi connectivity index (χ3n) is 2.17. The molecule has 0 saturated heterocycles. The smallest absolute Gasteiger partial charge is 0.294 e. The first-order valence-electron chi connectivity index (χ1n) is 4.75. The van der Waals surface area contributed by atoms with E-state index in [1.54, 1.807) is 0 Å². The molecule has 0 bridgehead atoms. The van der Waals surface area contributed by atoms with Crippen LogP contribution in [0.2, 0.25) is 0 Å². The van der Waals surface area contributed by atoms with Gasteiger partial charge >= 0.3 is 6.18 Å². The number of carbonyl (C=O) groups excluding carboxylic acids is 1. The summed E-state index contributed by atoms with van der Waals surface area (Å²) >= 11 is 8.58. The maximum Gasteiger partial charge on any atom is 0.417 e. The van der Waals surface area contributed by atoms with E-state index in [0.29, 0.717) is 10.9 Å². The highest BCUT2D eigenvalue weighted by molar-refractivity contribution is 9.09. The Bertz CT molecular complexity index is 418. The van der Waals surface area contributed by atoms with E-state index in [9.17, 15) is 18.0 Å². The van der Waals surface area contributed by atoms with E-state index in [-0.39, 0.29) is 17.9 Å². The SMILES string of the molecule is O=C(CCBr)c1cc(CCl)ccc1C(F)(F)F. The van der Waals surface area contributed by atoms with Crippen molar-refractivity contribution in [2.45, 2.75) is 18.5 Å². The van der Waals surface area contributed by atoms with Crippen molar-refractivity contribution in [3.05, 3.63) is 34.9 Å². The van der Waals surface area contributed by atoms with E-state index in [0.717, 1.165) is 6.07 Å². The van der Waals surface area contributed by atoms with Gasteiger partial charge in [-0.2, -0.15) is 13.2 Å². The molecule has 0 spiro atoms. The lowest BCUT2D eigenvalue weighted by Gasteiger charge is -2.12. The summed E-state index contributed by atoms with van der Waals surface area (Å²) in [5.74, 6) is -0.464. The molecule has 0 amide bonds. The molecule has 0 aliphatic rings. The lowest BCUT2D eigenvalue weighted by Crippen LogP contribution is -2.13. The van der Waals surface area contributed by atoms with E-state index in [1.807, 2.05) is 0 Å². The van der Waals surface area contributed by atoms with Crippen LogP contribution in [0.3, 0.4) is 0 Å². The third-order valence-corrected chi connectivity index (χ3v) is 2.87. The van der Waals surface area contributed by atoms with Gasteiger partial charge in [-0.3, -0.25) is 4.79 Å². The van der Waals surface area contributed by atoms with Crippen molar-refractivity contribution in [1.82, 2.24) is 0 Å². The fraction of sp³-hybridized carbons (Fsp3) is 0.364. The first-order valence-corrected chi connectivity index (χ1v) is 6.41. The average molecular weight is 330 g/mol. The van der Waals surface area contributed by atoms with E-state index in [1.165, 1.54) is 12.1 Å². The van der Waals surface area contributed by atoms with E-state index >= 15 is 0 Å². The number of carbonyl (C=O) groups is 1. The zero-order chi connectivity index (χ0) is 13.1. The van der Waals surface area contributed by atoms with E-state index < -0.39 is 17.5 Å². The second-order valence-electron chi connectivity index (χ2n) is 3.37. The number of Topliss-reactive ketones (excluding diaryl/α,β-unsaturated/α-hetero) is 1. The summed E-state index contributed by atoms with van der Waals surface area (Å²) in [5.41, 5.74) is -0.718. The molecule has 94 valence electrons. The Morgan fingerprint density at radius 2 is 2.00 bits per heavy atom. The Morgan fingerprint density at radius 1 is 1.35 bits per heavy atom. The Balaban J connectivity index is 3.26. The molecule has 0 N–H and O–H groups in total. The largest absolute Gasteiger partial charge is 0.417 e. The molecule has 6 heteroatoms. The lowest BCUT2D eigenvalue weighted by atomic mass is 9.99. The van der Waals surface area contributed by atoms with Gasteiger partial charge in [0.15, 0.2) is 5.78 Å². The number of halogens is 5. The van der Waals surface area contributed by atoms with Gasteiger partial charge in [-0.1, -0.05) is 22.0 Å². The number of benzene rings is 1. The second kappa shape index (κ2) is 5.87. The molecule has 0 aliphatic carbocycles. The maximum absolute atomic E-state index is 12.7. The van der Waals surface area contributed by atoms with Crippen molar-refractivity contribution in [2.24, 2.45) is 0 Å². The van der Waals surface area contributed by atoms with Crippen LogP contribution in [0.4, 0.5) is 13.2 Å². The molecule has 0 heterocycles. The minimum Gasteiger partial charge on any atom is -0.294 e. The molecule has 1 rings (SSSR count). The maximum atomic E-state index is 12.7. The second-order valence-corrected chi connectivity index (χ2v) is 4.43. The van der Waals surface area contributed by atoms with Gasteiger partial charge in [0.05, 0.1) is 5.56 Å². The highest BCUT2D eigenvalue weighted by atomic mass is 79.9. The van der Waals surface area contributed by atoms with Gasteiger partial charge in [0.2, 0.25) is 0 Å². The molecule has 0 aromatic heterocycles. The van der Waals surface area contributed by atoms with Crippen LogP contribution >= 0.6 is 27.5 Å². The summed E-state index contributed by atoms with van der Waals surface area (Å²) in [7, 11) is 0. The standard InChI is InChI=1S/C11H9BrClF3O/c12-4-3-10(17)8-5-7(6-13)1-2-9(8)11(14,15)16/h1-2,5H,3-4,6H2. The van der Waals surface area contributed by atoms with Crippen molar-refractivity contribution in [1.29, 1.82) is 0 Å². The van der Waals surface area contributed by atoms with Gasteiger partial charge in [-0.05, 0) is 17.7 Å². The van der Waals surface area contributed by atoms with Crippen LogP contribution in [0.1, 0.15) is 27.9 Å². The average Bonchev–Trinajstić information content (AvgIpc) is 2.27. The van der Waals surface area contributed by atoms with Crippen LogP contribution in [-0.4, -0.2) is 11.1 Å². The molecular weight excluding hydrogens is 320 g/mol. The summed E-state index contributed by atoms with van der Waals surface area (Å²) < 4.78 is 38.1. The first-order chi connectivity index (χ1) is 7.90. The topological polar surface area (TPSA) is 17.1 Å². The summed E-state index contributed by atoms with van der Waals surface area (Å²) in [6.45, 7) is 0. The lowest BCUT2D eigenvalue weighted by molar-refractivity contribution is -0.137. The van der Waals surface area contributed by atoms with E-state index in [4.69, 9.17) is 11.6 Å². The zero-order valence-corrected chi connectivity index (χ0v) is 11.0. The summed E-state index contributed by atoms with van der Waals surface area (Å²) in [4.78, 5) is 11.6. The minimum absolute atomic E-state index is 0.0226. The summed E-state index contributed by atoms with van der Waals surface area (Å²) in [6.07, 6.45) is -4.50. The van der Waals surface area contributed by atoms with Crippen LogP contribution < -0.4 is 0 Å². The Labute approximate surface area is 110 Å². The van der Waals surface area contributed by atoms with Crippen molar-refractivity contribution in [3.63, 3.8) is 0 Å². The molecular formula is C11H9BrClF3O. The van der Waals surface area contributed by atoms with Crippen LogP contribution in [0.5, 0.6) is 0 Å². The molecule has 17 heavy (non-hydrogen) atoms. The van der Waals surface area contributed by atoms with Crippen LogP contribution in [-0.2, 0) is 12.1 Å². The fourth-order valence-electron chi connectivity index (χ4n) is 1.37. The van der Waals surface area contributed by atoms with Gasteiger partial charge in [-0.25, -0.2) is 0 Å².